The molecule has 0 aliphatic carbocycles. The largest absolute Gasteiger partial charge is 0.497 e. The number of benzene rings is 2. The lowest BCUT2D eigenvalue weighted by Gasteiger charge is -2.33. The Morgan fingerprint density at radius 1 is 1.08 bits per heavy atom. The van der Waals surface area contributed by atoms with Crippen molar-refractivity contribution in [1.82, 2.24) is 10.2 Å². The van der Waals surface area contributed by atoms with Crippen molar-refractivity contribution in [2.24, 2.45) is 0 Å². The molecule has 1 aliphatic heterocycles. The van der Waals surface area contributed by atoms with Crippen LogP contribution in [-0.4, -0.2) is 63.4 Å². The quantitative estimate of drug-likeness (QED) is 0.420. The van der Waals surface area contributed by atoms with E-state index in [2.05, 4.69) is 5.32 Å². The second-order valence-electron chi connectivity index (χ2n) is 10.5. The minimum absolute atomic E-state index is 0.0615. The molecule has 0 saturated heterocycles. The minimum Gasteiger partial charge on any atom is -0.497 e. The first-order valence-electron chi connectivity index (χ1n) is 12.9. The Morgan fingerprint density at radius 2 is 1.74 bits per heavy atom. The molecule has 0 radical (unpaired) electrons. The van der Waals surface area contributed by atoms with Crippen LogP contribution in [0.25, 0.3) is 0 Å². The van der Waals surface area contributed by atoms with E-state index >= 15 is 0 Å². The molecule has 0 bridgehead atoms. The summed E-state index contributed by atoms with van der Waals surface area (Å²) in [6.45, 7) is 7.95. The van der Waals surface area contributed by atoms with Gasteiger partial charge in [-0.25, -0.2) is 8.42 Å². The standard InChI is InChI=1S/C28H39N3O7S/c1-7-23(27(33)29-28(2,3)4)30(18-20-10-13-22(36-5)14-11-20)26(32)9-8-16-31(39(6,34)35)21-12-15-24-25(17-21)38-19-37-24/h10-15,17,23H,7-9,16,18-19H2,1-6H3,(H,29,33)/t23-/m1/s1. The number of methoxy groups -OCH3 is 1. The van der Waals surface area contributed by atoms with Crippen molar-refractivity contribution in [1.29, 1.82) is 0 Å². The first kappa shape index (κ1) is 30.1. The van der Waals surface area contributed by atoms with Gasteiger partial charge in [-0.2, -0.15) is 0 Å². The van der Waals surface area contributed by atoms with Gasteiger partial charge < -0.3 is 24.4 Å². The number of nitrogens with zero attached hydrogens (tertiary/aromatic N) is 2. The first-order valence-corrected chi connectivity index (χ1v) is 14.8. The zero-order valence-electron chi connectivity index (χ0n) is 23.5. The maximum absolute atomic E-state index is 13.6. The summed E-state index contributed by atoms with van der Waals surface area (Å²) in [6, 6.07) is 11.6. The third-order valence-corrected chi connectivity index (χ3v) is 7.39. The Labute approximate surface area is 231 Å². The zero-order chi connectivity index (χ0) is 28.8. The van der Waals surface area contributed by atoms with Crippen molar-refractivity contribution in [3.63, 3.8) is 0 Å². The van der Waals surface area contributed by atoms with E-state index in [1.165, 1.54) is 4.31 Å². The fourth-order valence-electron chi connectivity index (χ4n) is 4.34. The Morgan fingerprint density at radius 3 is 2.33 bits per heavy atom. The molecule has 0 fully saturated rings. The van der Waals surface area contributed by atoms with Crippen LogP contribution in [0.1, 0.15) is 52.5 Å². The van der Waals surface area contributed by atoms with Crippen molar-refractivity contribution in [3.05, 3.63) is 48.0 Å². The van der Waals surface area contributed by atoms with Crippen LogP contribution < -0.4 is 23.8 Å². The number of sulfonamides is 1. The fourth-order valence-corrected chi connectivity index (χ4v) is 5.30. The molecular formula is C28H39N3O7S. The van der Waals surface area contributed by atoms with Crippen molar-refractivity contribution in [2.75, 3.05) is 31.0 Å². The molecule has 0 spiro atoms. The average Bonchev–Trinajstić information content (AvgIpc) is 3.33. The molecule has 1 heterocycles. The summed E-state index contributed by atoms with van der Waals surface area (Å²) in [7, 11) is -2.05. The summed E-state index contributed by atoms with van der Waals surface area (Å²) < 4.78 is 42.4. The van der Waals surface area contributed by atoms with Crippen LogP contribution in [-0.2, 0) is 26.2 Å². The number of anilines is 1. The summed E-state index contributed by atoms with van der Waals surface area (Å²) in [6.07, 6.45) is 1.87. The second kappa shape index (κ2) is 12.6. The van der Waals surface area contributed by atoms with Gasteiger partial charge in [-0.1, -0.05) is 19.1 Å². The molecule has 0 aromatic heterocycles. The highest BCUT2D eigenvalue weighted by atomic mass is 32.2. The SMILES string of the molecule is CC[C@H](C(=O)NC(C)(C)C)N(Cc1ccc(OC)cc1)C(=O)CCCN(c1ccc2c(c1)OCO2)S(C)(=O)=O. The van der Waals surface area contributed by atoms with E-state index in [1.54, 1.807) is 30.2 Å². The zero-order valence-corrected chi connectivity index (χ0v) is 24.3. The molecule has 39 heavy (non-hydrogen) atoms. The molecule has 1 atom stereocenters. The lowest BCUT2D eigenvalue weighted by atomic mass is 10.0. The number of fused-ring (bicyclic) bond motifs is 1. The Kier molecular flexibility index (Phi) is 9.71. The van der Waals surface area contributed by atoms with Crippen LogP contribution >= 0.6 is 0 Å². The van der Waals surface area contributed by atoms with Gasteiger partial charge >= 0.3 is 0 Å². The Bertz CT molecular complexity index is 1260. The molecule has 11 heteroatoms. The Hall–Kier alpha value is -3.47. The lowest BCUT2D eigenvalue weighted by molar-refractivity contribution is -0.142. The molecule has 10 nitrogen and oxygen atoms in total. The van der Waals surface area contributed by atoms with Crippen molar-refractivity contribution < 1.29 is 32.2 Å². The van der Waals surface area contributed by atoms with Gasteiger partial charge in [0.15, 0.2) is 11.5 Å². The predicted molar refractivity (Wildman–Crippen MR) is 150 cm³/mol. The van der Waals surface area contributed by atoms with E-state index in [9.17, 15) is 18.0 Å². The van der Waals surface area contributed by atoms with Gasteiger partial charge in [-0.3, -0.25) is 13.9 Å². The second-order valence-corrected chi connectivity index (χ2v) is 12.4. The highest BCUT2D eigenvalue weighted by Gasteiger charge is 2.31. The first-order chi connectivity index (χ1) is 18.3. The smallest absolute Gasteiger partial charge is 0.243 e. The van der Waals surface area contributed by atoms with Crippen molar-refractivity contribution in [3.8, 4) is 17.2 Å². The van der Waals surface area contributed by atoms with E-state index in [4.69, 9.17) is 14.2 Å². The van der Waals surface area contributed by atoms with Gasteiger partial charge in [-0.15, -0.1) is 0 Å². The summed E-state index contributed by atoms with van der Waals surface area (Å²) >= 11 is 0. The molecule has 2 aromatic carbocycles. The molecule has 1 N–H and O–H groups in total. The summed E-state index contributed by atoms with van der Waals surface area (Å²) in [5, 5.41) is 2.98. The monoisotopic (exact) mass is 561 g/mol. The van der Waals surface area contributed by atoms with E-state index in [0.717, 1.165) is 11.8 Å². The third kappa shape index (κ3) is 8.26. The molecule has 3 rings (SSSR count). The number of hydrogen-bond acceptors (Lipinski definition) is 7. The Balaban J connectivity index is 1.78. The van der Waals surface area contributed by atoms with Gasteiger partial charge in [-0.05, 0) is 63.4 Å². The highest BCUT2D eigenvalue weighted by Crippen LogP contribution is 2.36. The maximum Gasteiger partial charge on any atom is 0.243 e. The van der Waals surface area contributed by atoms with Crippen molar-refractivity contribution in [2.45, 2.75) is 65.1 Å². The number of carbonyl (C=O) groups excluding carboxylic acids is 2. The molecule has 2 aromatic rings. The highest BCUT2D eigenvalue weighted by molar-refractivity contribution is 7.92. The van der Waals surface area contributed by atoms with Gasteiger partial charge in [0.05, 0.1) is 19.1 Å². The van der Waals surface area contributed by atoms with E-state index in [1.807, 2.05) is 52.0 Å². The van der Waals surface area contributed by atoms with Crippen LogP contribution in [0.3, 0.4) is 0 Å². The number of carbonyl (C=O) groups is 2. The molecular weight excluding hydrogens is 522 g/mol. The predicted octanol–water partition coefficient (Wildman–Crippen LogP) is 3.69. The van der Waals surface area contributed by atoms with Crippen LogP contribution in [0.15, 0.2) is 42.5 Å². The van der Waals surface area contributed by atoms with Gasteiger partial charge in [0.25, 0.3) is 0 Å². The number of hydrogen-bond donors (Lipinski definition) is 1. The average molecular weight is 562 g/mol. The molecule has 0 unspecified atom stereocenters. The molecule has 0 saturated carbocycles. The van der Waals surface area contributed by atoms with Crippen LogP contribution in [0.2, 0.25) is 0 Å². The van der Waals surface area contributed by atoms with E-state index in [0.29, 0.717) is 29.4 Å². The number of amides is 2. The molecule has 2 amide bonds. The third-order valence-electron chi connectivity index (χ3n) is 6.19. The molecule has 1 aliphatic rings. The van der Waals surface area contributed by atoms with Crippen LogP contribution in [0.4, 0.5) is 5.69 Å². The fraction of sp³-hybridized carbons (Fsp3) is 0.500. The number of rotatable bonds is 12. The van der Waals surface area contributed by atoms with Gasteiger partial charge in [0.1, 0.15) is 11.8 Å². The lowest BCUT2D eigenvalue weighted by Crippen LogP contribution is -2.53. The minimum atomic E-state index is -3.63. The summed E-state index contributed by atoms with van der Waals surface area (Å²) in [4.78, 5) is 28.3. The summed E-state index contributed by atoms with van der Waals surface area (Å²) in [5.41, 5.74) is 0.824. The van der Waals surface area contributed by atoms with Gasteiger partial charge in [0.2, 0.25) is 28.6 Å². The topological polar surface area (TPSA) is 114 Å². The van der Waals surface area contributed by atoms with Crippen LogP contribution in [0, 0.1) is 0 Å². The van der Waals surface area contributed by atoms with E-state index < -0.39 is 21.6 Å². The number of nitrogens with one attached hydrogen (secondary N) is 1. The van der Waals surface area contributed by atoms with Gasteiger partial charge in [0, 0.05) is 31.1 Å². The molecule has 214 valence electrons. The maximum atomic E-state index is 13.6. The summed E-state index contributed by atoms with van der Waals surface area (Å²) in [5.74, 6) is 1.25. The van der Waals surface area contributed by atoms with E-state index in [-0.39, 0.29) is 44.5 Å². The van der Waals surface area contributed by atoms with Crippen molar-refractivity contribution >= 4 is 27.5 Å². The van der Waals surface area contributed by atoms with Crippen LogP contribution in [0.5, 0.6) is 17.2 Å². The normalized spacial score (nSPS) is 13.5. The number of ether oxygens (including phenoxy) is 3.